The molecule has 190 valence electrons. The van der Waals surface area contributed by atoms with Crippen LogP contribution in [0.1, 0.15) is 57.0 Å². The maximum absolute atomic E-state index is 5.84. The van der Waals surface area contributed by atoms with Crippen molar-refractivity contribution in [3.63, 3.8) is 0 Å². The minimum absolute atomic E-state index is 0.809. The highest BCUT2D eigenvalue weighted by Gasteiger charge is 2.06. The number of nitrogen functional groups attached to an aromatic ring is 2. The molecule has 0 heterocycles. The maximum Gasteiger partial charge on any atom is 0.0314 e. The number of hydrogen-bond donors (Lipinski definition) is 2. The molecule has 0 aliphatic carbocycles. The Balaban J connectivity index is 1.19. The van der Waals surface area contributed by atoms with Crippen molar-refractivity contribution in [3.05, 3.63) is 165 Å². The van der Waals surface area contributed by atoms with Gasteiger partial charge in [0.1, 0.15) is 0 Å². The van der Waals surface area contributed by atoms with Gasteiger partial charge in [0.15, 0.2) is 0 Å². The molecule has 0 saturated carbocycles. The lowest BCUT2D eigenvalue weighted by molar-refractivity contribution is 1.04. The minimum Gasteiger partial charge on any atom is -0.399 e. The summed E-state index contributed by atoms with van der Waals surface area (Å²) in [5, 5.41) is 0. The standard InChI is InChI=1S/C36H36N2/c1-2-33-25-32(23-30-14-19-36(38)20-15-30)11-16-34(33)24-31-9-7-28(8-10-31)21-26-3-5-27(6-4-26)22-29-12-17-35(37)18-13-29/h3-20,25H,2,21-24,37-38H2,1H3. The third kappa shape index (κ3) is 6.72. The van der Waals surface area contributed by atoms with Crippen LogP contribution in [0, 0.1) is 0 Å². The van der Waals surface area contributed by atoms with Gasteiger partial charge in [-0.05, 0) is 106 Å². The van der Waals surface area contributed by atoms with E-state index in [1.807, 2.05) is 24.3 Å². The van der Waals surface area contributed by atoms with Crippen LogP contribution >= 0.6 is 0 Å². The molecule has 0 spiro atoms. The van der Waals surface area contributed by atoms with Crippen molar-refractivity contribution in [3.8, 4) is 0 Å². The summed E-state index contributed by atoms with van der Waals surface area (Å²) < 4.78 is 0. The first-order chi connectivity index (χ1) is 18.5. The van der Waals surface area contributed by atoms with E-state index in [9.17, 15) is 0 Å². The molecule has 0 unspecified atom stereocenters. The SMILES string of the molecule is CCc1cc(Cc2ccc(N)cc2)ccc1Cc1ccc(Cc2ccc(Cc3ccc(N)cc3)cc2)cc1. The second kappa shape index (κ2) is 11.8. The molecule has 0 aliphatic rings. The number of benzene rings is 5. The van der Waals surface area contributed by atoms with Crippen LogP contribution in [0.25, 0.3) is 0 Å². The molecule has 0 atom stereocenters. The quantitative estimate of drug-likeness (QED) is 0.205. The Morgan fingerprint density at radius 2 is 0.684 bits per heavy atom. The highest BCUT2D eigenvalue weighted by molar-refractivity contribution is 5.43. The summed E-state index contributed by atoms with van der Waals surface area (Å²) >= 11 is 0. The van der Waals surface area contributed by atoms with Gasteiger partial charge in [-0.3, -0.25) is 0 Å². The van der Waals surface area contributed by atoms with Crippen LogP contribution in [-0.2, 0) is 32.1 Å². The van der Waals surface area contributed by atoms with E-state index < -0.39 is 0 Å². The predicted molar refractivity (Wildman–Crippen MR) is 162 cm³/mol. The van der Waals surface area contributed by atoms with E-state index in [1.165, 1.54) is 50.1 Å². The molecule has 5 aromatic carbocycles. The zero-order valence-electron chi connectivity index (χ0n) is 22.2. The van der Waals surface area contributed by atoms with Crippen LogP contribution in [0.5, 0.6) is 0 Å². The van der Waals surface area contributed by atoms with Gasteiger partial charge in [-0.25, -0.2) is 0 Å². The normalized spacial score (nSPS) is 11.0. The zero-order chi connectivity index (χ0) is 26.3. The molecule has 38 heavy (non-hydrogen) atoms. The zero-order valence-corrected chi connectivity index (χ0v) is 22.2. The van der Waals surface area contributed by atoms with Crippen molar-refractivity contribution in [2.75, 3.05) is 11.5 Å². The van der Waals surface area contributed by atoms with Crippen molar-refractivity contribution in [2.45, 2.75) is 39.0 Å². The van der Waals surface area contributed by atoms with E-state index in [-0.39, 0.29) is 0 Å². The predicted octanol–water partition coefficient (Wildman–Crippen LogP) is 7.78. The molecular formula is C36H36N2. The van der Waals surface area contributed by atoms with Crippen LogP contribution in [0.3, 0.4) is 0 Å². The fourth-order valence-electron chi connectivity index (χ4n) is 5.04. The topological polar surface area (TPSA) is 52.0 Å². The Labute approximate surface area is 227 Å². The summed E-state index contributed by atoms with van der Waals surface area (Å²) in [4.78, 5) is 0. The molecule has 0 fully saturated rings. The molecule has 5 rings (SSSR count). The average molecular weight is 497 g/mol. The Morgan fingerprint density at radius 1 is 0.368 bits per heavy atom. The first kappa shape index (κ1) is 25.4. The lowest BCUT2D eigenvalue weighted by Crippen LogP contribution is -1.98. The molecule has 0 bridgehead atoms. The van der Waals surface area contributed by atoms with Crippen molar-refractivity contribution < 1.29 is 0 Å². The molecule has 2 heteroatoms. The van der Waals surface area contributed by atoms with Crippen LogP contribution in [0.15, 0.2) is 115 Å². The summed E-state index contributed by atoms with van der Waals surface area (Å²) in [5.41, 5.74) is 25.4. The van der Waals surface area contributed by atoms with Crippen molar-refractivity contribution >= 4 is 11.4 Å². The molecule has 0 radical (unpaired) electrons. The fraction of sp³-hybridized carbons (Fsp3) is 0.167. The van der Waals surface area contributed by atoms with Gasteiger partial charge in [-0.1, -0.05) is 97.9 Å². The minimum atomic E-state index is 0.809. The smallest absolute Gasteiger partial charge is 0.0314 e. The fourth-order valence-corrected chi connectivity index (χ4v) is 5.04. The summed E-state index contributed by atoms with van der Waals surface area (Å²) in [7, 11) is 0. The van der Waals surface area contributed by atoms with E-state index in [4.69, 9.17) is 11.5 Å². The van der Waals surface area contributed by atoms with Gasteiger partial charge in [0.05, 0.1) is 0 Å². The number of nitrogens with two attached hydrogens (primary N) is 2. The third-order valence-corrected chi connectivity index (χ3v) is 7.28. The van der Waals surface area contributed by atoms with E-state index in [2.05, 4.69) is 97.9 Å². The molecule has 0 amide bonds. The number of anilines is 2. The van der Waals surface area contributed by atoms with Gasteiger partial charge in [-0.15, -0.1) is 0 Å². The van der Waals surface area contributed by atoms with Crippen molar-refractivity contribution in [2.24, 2.45) is 0 Å². The first-order valence-corrected chi connectivity index (χ1v) is 13.5. The molecule has 2 nitrogen and oxygen atoms in total. The highest BCUT2D eigenvalue weighted by Crippen LogP contribution is 2.21. The maximum atomic E-state index is 5.84. The summed E-state index contributed by atoms with van der Waals surface area (Å²) in [6.45, 7) is 2.25. The average Bonchev–Trinajstić information content (AvgIpc) is 2.94. The van der Waals surface area contributed by atoms with Crippen LogP contribution < -0.4 is 11.5 Å². The van der Waals surface area contributed by atoms with Gasteiger partial charge < -0.3 is 11.5 Å². The lowest BCUT2D eigenvalue weighted by Gasteiger charge is -2.12. The monoisotopic (exact) mass is 496 g/mol. The molecule has 4 N–H and O–H groups in total. The number of aryl methyl sites for hydroxylation is 1. The van der Waals surface area contributed by atoms with Gasteiger partial charge in [0.25, 0.3) is 0 Å². The third-order valence-electron chi connectivity index (χ3n) is 7.28. The van der Waals surface area contributed by atoms with Gasteiger partial charge in [-0.2, -0.15) is 0 Å². The van der Waals surface area contributed by atoms with Gasteiger partial charge in [0, 0.05) is 11.4 Å². The number of hydrogen-bond acceptors (Lipinski definition) is 2. The molecule has 0 aliphatic heterocycles. The Kier molecular flexibility index (Phi) is 7.89. The second-order valence-electron chi connectivity index (χ2n) is 10.3. The van der Waals surface area contributed by atoms with E-state index in [0.29, 0.717) is 0 Å². The van der Waals surface area contributed by atoms with E-state index >= 15 is 0 Å². The largest absolute Gasteiger partial charge is 0.399 e. The Morgan fingerprint density at radius 3 is 1.08 bits per heavy atom. The summed E-state index contributed by atoms with van der Waals surface area (Å²) in [6.07, 6.45) is 4.81. The highest BCUT2D eigenvalue weighted by atomic mass is 14.5. The lowest BCUT2D eigenvalue weighted by atomic mass is 9.93. The van der Waals surface area contributed by atoms with Crippen molar-refractivity contribution in [1.82, 2.24) is 0 Å². The van der Waals surface area contributed by atoms with Crippen LogP contribution in [-0.4, -0.2) is 0 Å². The Bertz CT molecular complexity index is 1460. The van der Waals surface area contributed by atoms with Gasteiger partial charge >= 0.3 is 0 Å². The van der Waals surface area contributed by atoms with Gasteiger partial charge in [0.2, 0.25) is 0 Å². The van der Waals surface area contributed by atoms with E-state index in [0.717, 1.165) is 43.5 Å². The molecular weight excluding hydrogens is 460 g/mol. The summed E-state index contributed by atoms with van der Waals surface area (Å²) in [5.74, 6) is 0. The van der Waals surface area contributed by atoms with Crippen molar-refractivity contribution in [1.29, 1.82) is 0 Å². The Hall–Kier alpha value is -4.30. The first-order valence-electron chi connectivity index (χ1n) is 13.5. The molecule has 5 aromatic rings. The molecule has 0 saturated heterocycles. The molecule has 0 aromatic heterocycles. The van der Waals surface area contributed by atoms with E-state index in [1.54, 1.807) is 0 Å². The number of rotatable bonds is 9. The van der Waals surface area contributed by atoms with Crippen LogP contribution in [0.4, 0.5) is 11.4 Å². The second-order valence-corrected chi connectivity index (χ2v) is 10.3. The van der Waals surface area contributed by atoms with Crippen LogP contribution in [0.2, 0.25) is 0 Å². The summed E-state index contributed by atoms with van der Waals surface area (Å²) in [6, 6.07) is 41.4.